The summed E-state index contributed by atoms with van der Waals surface area (Å²) in [6.07, 6.45) is 8.50. The average molecular weight is 490 g/mol. The SMILES string of the molecule is CCC[CH2][Sn]([CH2]CCC)([CH2]CCC)[c]1ccc2nc(C(N)=O)c(CC)nc2c1. The molecule has 0 saturated heterocycles. The number of hydrogen-bond acceptors (Lipinski definition) is 3. The van der Waals surface area contributed by atoms with Gasteiger partial charge in [0.05, 0.1) is 0 Å². The summed E-state index contributed by atoms with van der Waals surface area (Å²) >= 11 is -2.49. The number of primary amides is 1. The Labute approximate surface area is 174 Å². The molecule has 1 aromatic heterocycles. The first-order valence-electron chi connectivity index (χ1n) is 11.1. The van der Waals surface area contributed by atoms with Crippen LogP contribution in [0, 0.1) is 0 Å². The van der Waals surface area contributed by atoms with Gasteiger partial charge in [-0.15, -0.1) is 0 Å². The second-order valence-corrected chi connectivity index (χ2v) is 21.3. The molecule has 2 aromatic rings. The summed E-state index contributed by atoms with van der Waals surface area (Å²) in [6.45, 7) is 8.92. The van der Waals surface area contributed by atoms with Gasteiger partial charge in [0.15, 0.2) is 0 Å². The van der Waals surface area contributed by atoms with Crippen molar-refractivity contribution in [1.82, 2.24) is 9.97 Å². The number of nitrogens with zero attached hydrogens (tertiary/aromatic N) is 2. The number of aryl methyl sites for hydroxylation is 1. The minimum atomic E-state index is -2.49. The van der Waals surface area contributed by atoms with Crippen LogP contribution in [-0.2, 0) is 6.42 Å². The molecule has 0 spiro atoms. The number of amides is 1. The van der Waals surface area contributed by atoms with E-state index in [0.717, 1.165) is 11.0 Å². The summed E-state index contributed by atoms with van der Waals surface area (Å²) in [6, 6.07) is 6.72. The van der Waals surface area contributed by atoms with Crippen LogP contribution in [0.4, 0.5) is 0 Å². The van der Waals surface area contributed by atoms with Crippen LogP contribution >= 0.6 is 0 Å². The number of unbranched alkanes of at least 4 members (excludes halogenated alkanes) is 3. The average Bonchev–Trinajstić information content (AvgIpc) is 2.72. The van der Waals surface area contributed by atoms with Crippen LogP contribution in [-0.4, -0.2) is 34.3 Å². The summed E-state index contributed by atoms with van der Waals surface area (Å²) in [5.74, 6) is -0.488. The second kappa shape index (κ2) is 11.1. The molecule has 0 aliphatic rings. The Morgan fingerprint density at radius 3 is 1.93 bits per heavy atom. The van der Waals surface area contributed by atoms with Gasteiger partial charge < -0.3 is 0 Å². The van der Waals surface area contributed by atoms with Crippen LogP contribution in [0.3, 0.4) is 0 Å². The number of carbonyl (C=O) groups is 1. The van der Waals surface area contributed by atoms with E-state index in [-0.39, 0.29) is 0 Å². The summed E-state index contributed by atoms with van der Waals surface area (Å²) in [5, 5.41) is 0. The molecular weight excluding hydrogens is 453 g/mol. The molecule has 0 radical (unpaired) electrons. The van der Waals surface area contributed by atoms with Crippen LogP contribution in [0.15, 0.2) is 18.2 Å². The molecule has 0 saturated carbocycles. The zero-order valence-electron chi connectivity index (χ0n) is 18.2. The monoisotopic (exact) mass is 491 g/mol. The number of fused-ring (bicyclic) bond motifs is 1. The summed E-state index contributed by atoms with van der Waals surface area (Å²) in [5.41, 5.74) is 8.27. The topological polar surface area (TPSA) is 68.9 Å². The Hall–Kier alpha value is -1.17. The molecule has 0 unspecified atom stereocenters. The van der Waals surface area contributed by atoms with Gasteiger partial charge >= 0.3 is 175 Å². The Morgan fingerprint density at radius 2 is 1.46 bits per heavy atom. The first-order valence-corrected chi connectivity index (χ1v) is 18.6. The molecule has 0 bridgehead atoms. The van der Waals surface area contributed by atoms with Gasteiger partial charge in [0.1, 0.15) is 0 Å². The fourth-order valence-electron chi connectivity index (χ4n) is 4.22. The summed E-state index contributed by atoms with van der Waals surface area (Å²) < 4.78 is 5.90. The molecule has 1 amide bonds. The molecule has 5 heteroatoms. The van der Waals surface area contributed by atoms with Crippen LogP contribution in [0.5, 0.6) is 0 Å². The molecule has 1 aromatic carbocycles. The first kappa shape index (κ1) is 23.1. The van der Waals surface area contributed by atoms with Gasteiger partial charge in [0.2, 0.25) is 0 Å². The minimum absolute atomic E-state index is 0.320. The van der Waals surface area contributed by atoms with Crippen LogP contribution in [0.25, 0.3) is 11.0 Å². The molecule has 1 heterocycles. The fraction of sp³-hybridized carbons (Fsp3) is 0.609. The third-order valence-corrected chi connectivity index (χ3v) is 21.5. The van der Waals surface area contributed by atoms with Gasteiger partial charge in [0.25, 0.3) is 0 Å². The Balaban J connectivity index is 2.56. The van der Waals surface area contributed by atoms with E-state index >= 15 is 0 Å². The molecular formula is C23H37N3OSn. The zero-order valence-corrected chi connectivity index (χ0v) is 21.0. The maximum absolute atomic E-state index is 11.7. The van der Waals surface area contributed by atoms with Crippen molar-refractivity contribution in [2.75, 3.05) is 0 Å². The van der Waals surface area contributed by atoms with Crippen molar-refractivity contribution < 1.29 is 4.79 Å². The van der Waals surface area contributed by atoms with Gasteiger partial charge in [-0.2, -0.15) is 0 Å². The number of aromatic nitrogens is 2. The van der Waals surface area contributed by atoms with E-state index in [0.29, 0.717) is 17.8 Å². The van der Waals surface area contributed by atoms with E-state index in [9.17, 15) is 4.79 Å². The van der Waals surface area contributed by atoms with Gasteiger partial charge in [-0.25, -0.2) is 0 Å². The van der Waals surface area contributed by atoms with Gasteiger partial charge in [0, 0.05) is 0 Å². The van der Waals surface area contributed by atoms with E-state index in [1.54, 1.807) is 3.58 Å². The summed E-state index contributed by atoms with van der Waals surface area (Å²) in [4.78, 5) is 21.1. The normalized spacial score (nSPS) is 11.9. The van der Waals surface area contributed by atoms with E-state index in [1.165, 1.54) is 51.8 Å². The van der Waals surface area contributed by atoms with Crippen molar-refractivity contribution in [3.05, 3.63) is 29.6 Å². The zero-order chi connectivity index (χ0) is 20.6. The van der Waals surface area contributed by atoms with Gasteiger partial charge in [-0.3, -0.25) is 0 Å². The maximum atomic E-state index is 11.7. The Morgan fingerprint density at radius 1 is 0.893 bits per heavy atom. The molecule has 2 N–H and O–H groups in total. The van der Waals surface area contributed by atoms with E-state index in [2.05, 4.69) is 44.0 Å². The third kappa shape index (κ3) is 5.46. The van der Waals surface area contributed by atoms with E-state index < -0.39 is 24.3 Å². The molecule has 0 fully saturated rings. The number of hydrogen-bond donors (Lipinski definition) is 1. The number of carbonyl (C=O) groups excluding carboxylic acids is 1. The fourth-order valence-corrected chi connectivity index (χ4v) is 20.2. The molecule has 0 aliphatic carbocycles. The second-order valence-electron chi connectivity index (χ2n) is 8.03. The molecule has 28 heavy (non-hydrogen) atoms. The molecule has 2 rings (SSSR count). The van der Waals surface area contributed by atoms with Crippen LogP contribution in [0.2, 0.25) is 13.3 Å². The van der Waals surface area contributed by atoms with E-state index in [4.69, 9.17) is 10.7 Å². The predicted octanol–water partition coefficient (Wildman–Crippen LogP) is 5.35. The number of benzene rings is 1. The van der Waals surface area contributed by atoms with Crippen molar-refractivity contribution in [2.24, 2.45) is 5.73 Å². The molecule has 0 aliphatic heterocycles. The molecule has 154 valence electrons. The number of nitrogens with two attached hydrogens (primary N) is 1. The van der Waals surface area contributed by atoms with E-state index in [1.807, 2.05) is 6.92 Å². The van der Waals surface area contributed by atoms with Crippen molar-refractivity contribution in [3.8, 4) is 0 Å². The van der Waals surface area contributed by atoms with Crippen molar-refractivity contribution in [3.63, 3.8) is 0 Å². The third-order valence-electron chi connectivity index (χ3n) is 5.94. The van der Waals surface area contributed by atoms with Crippen molar-refractivity contribution in [1.29, 1.82) is 0 Å². The number of rotatable bonds is 12. The van der Waals surface area contributed by atoms with Crippen LogP contribution < -0.4 is 9.31 Å². The first-order chi connectivity index (χ1) is 13.5. The van der Waals surface area contributed by atoms with Gasteiger partial charge in [-0.1, -0.05) is 0 Å². The van der Waals surface area contributed by atoms with Gasteiger partial charge in [-0.05, 0) is 0 Å². The van der Waals surface area contributed by atoms with Crippen molar-refractivity contribution in [2.45, 2.75) is 86.0 Å². The van der Waals surface area contributed by atoms with Crippen molar-refractivity contribution >= 4 is 38.9 Å². The van der Waals surface area contributed by atoms with Crippen LogP contribution in [0.1, 0.15) is 82.4 Å². The molecule has 0 atom stereocenters. The predicted molar refractivity (Wildman–Crippen MR) is 122 cm³/mol. The summed E-state index contributed by atoms with van der Waals surface area (Å²) in [7, 11) is 0. The standard InChI is InChI=1S/C11H10N3O.3C4H9.Sn/c1-2-7-10(11(12)15)14-9-6-4-3-5-8(9)13-7;3*1-3-4-2;/h4-6H,2H2,1H3,(H2,12,15);3*1,3-4H2,2H3;. The Bertz CT molecular complexity index is 769. The Kier molecular flexibility index (Phi) is 9.18. The molecule has 4 nitrogen and oxygen atoms in total. The quantitative estimate of drug-likeness (QED) is 0.408.